The zero-order chi connectivity index (χ0) is 46.5. The second-order valence-corrected chi connectivity index (χ2v) is 13.2. The highest BCUT2D eigenvalue weighted by molar-refractivity contribution is 6.27. The Balaban J connectivity index is 2.15. The maximum atomic E-state index is 14.5. The van der Waals surface area contributed by atoms with Gasteiger partial charge in [-0.15, -0.1) is 0 Å². The molecule has 0 aliphatic carbocycles. The monoisotopic (exact) mass is 858 g/mol. The van der Waals surface area contributed by atoms with Gasteiger partial charge >= 0.3 is 11.9 Å². The highest BCUT2D eigenvalue weighted by atomic mass is 16.5. The molecule has 322 valence electrons. The van der Waals surface area contributed by atoms with Gasteiger partial charge in [0.25, 0.3) is 11.2 Å². The normalized spacial score (nSPS) is 15.7. The number of hydrogen-bond donors (Lipinski definition) is 14. The summed E-state index contributed by atoms with van der Waals surface area (Å²) >= 11 is 0. The summed E-state index contributed by atoms with van der Waals surface area (Å²) in [5, 5.41) is 149. The van der Waals surface area contributed by atoms with E-state index in [2.05, 4.69) is 0 Å². The van der Waals surface area contributed by atoms with Crippen LogP contribution in [0.15, 0.2) is 97.1 Å². The zero-order valence-electron chi connectivity index (χ0n) is 31.3. The van der Waals surface area contributed by atoms with Gasteiger partial charge in [0.15, 0.2) is 57.6 Å². The predicted molar refractivity (Wildman–Crippen MR) is 210 cm³/mol. The standard InChI is InChI=1S/C42H34O20/c43-25-9-1-21(17-29(25)47)5-13-33(51)39(59,37(55)56)41(61,35(53)15-7-23-3-11-27(45)31(49)19-23)42(62,36(54)16-8-24-4-12-28(46)32(50)20-24)40(60,38(57)58)34(52)14-6-22-2-10-26(44)30(48)18-22/h1-20,43-50,59-62H,(H,55,56)(H,57,58)/b13-5-,14-6+,15-7+,16-8+/t39-,40+,41-,42-/m1/s1. The Labute approximate surface area is 347 Å². The largest absolute Gasteiger partial charge is 0.504 e. The maximum absolute atomic E-state index is 14.5. The number of aromatic hydroxyl groups is 8. The number of ketones is 4. The lowest BCUT2D eigenvalue weighted by Gasteiger charge is -2.50. The Bertz CT molecular complexity index is 2440. The number of aliphatic carboxylic acids is 2. The molecule has 0 radical (unpaired) electrons. The van der Waals surface area contributed by atoms with E-state index in [1.54, 1.807) is 0 Å². The Kier molecular flexibility index (Phi) is 13.1. The summed E-state index contributed by atoms with van der Waals surface area (Å²) < 4.78 is 0. The van der Waals surface area contributed by atoms with E-state index >= 15 is 0 Å². The van der Waals surface area contributed by atoms with Gasteiger partial charge in [0.05, 0.1) is 0 Å². The first-order valence-electron chi connectivity index (χ1n) is 17.2. The molecule has 0 unspecified atom stereocenters. The molecule has 0 spiro atoms. The Hall–Kier alpha value is -8.30. The van der Waals surface area contributed by atoms with Crippen molar-refractivity contribution >= 4 is 59.4 Å². The number of benzene rings is 4. The molecule has 0 saturated carbocycles. The number of carbonyl (C=O) groups is 6. The van der Waals surface area contributed by atoms with Crippen LogP contribution in [0.2, 0.25) is 0 Å². The predicted octanol–water partition coefficient (Wildman–Crippen LogP) is 0.855. The summed E-state index contributed by atoms with van der Waals surface area (Å²) in [5.41, 5.74) is -21.8. The third kappa shape index (κ3) is 8.28. The quantitative estimate of drug-likeness (QED) is 0.0397. The number of rotatable bonds is 17. The van der Waals surface area contributed by atoms with E-state index in [1.165, 1.54) is 0 Å². The number of carboxylic acids is 2. The van der Waals surface area contributed by atoms with Crippen LogP contribution >= 0.6 is 0 Å². The topological polar surface area (TPSA) is 386 Å². The molecule has 0 fully saturated rings. The van der Waals surface area contributed by atoms with Crippen molar-refractivity contribution in [2.45, 2.75) is 22.4 Å². The van der Waals surface area contributed by atoms with E-state index < -0.39 is 103 Å². The van der Waals surface area contributed by atoms with Gasteiger partial charge in [0, 0.05) is 0 Å². The van der Waals surface area contributed by atoms with Gasteiger partial charge in [-0.2, -0.15) is 0 Å². The van der Waals surface area contributed by atoms with E-state index in [-0.39, 0.29) is 46.6 Å². The van der Waals surface area contributed by atoms with E-state index in [0.29, 0.717) is 24.3 Å². The molecule has 0 amide bonds. The smallest absolute Gasteiger partial charge is 0.347 e. The third-order valence-corrected chi connectivity index (χ3v) is 9.32. The molecular formula is C42H34O20. The second kappa shape index (κ2) is 17.5. The summed E-state index contributed by atoms with van der Waals surface area (Å²) in [7, 11) is 0. The van der Waals surface area contributed by atoms with Crippen LogP contribution in [-0.4, -0.2) is 129 Å². The van der Waals surface area contributed by atoms with Crippen molar-refractivity contribution in [1.82, 2.24) is 0 Å². The van der Waals surface area contributed by atoms with Gasteiger partial charge in [0.1, 0.15) is 0 Å². The molecule has 0 aromatic heterocycles. The van der Waals surface area contributed by atoms with Crippen molar-refractivity contribution in [2.75, 3.05) is 0 Å². The van der Waals surface area contributed by atoms with Crippen molar-refractivity contribution in [3.05, 3.63) is 119 Å². The van der Waals surface area contributed by atoms with Crippen molar-refractivity contribution in [3.63, 3.8) is 0 Å². The number of carbonyl (C=O) groups excluding carboxylic acids is 4. The van der Waals surface area contributed by atoms with Crippen LogP contribution in [0.5, 0.6) is 46.0 Å². The van der Waals surface area contributed by atoms with Crippen LogP contribution in [0.3, 0.4) is 0 Å². The molecule has 14 N–H and O–H groups in total. The third-order valence-electron chi connectivity index (χ3n) is 9.32. The number of carboxylic acid groups (broad SMARTS) is 2. The molecule has 20 nitrogen and oxygen atoms in total. The molecule has 0 aliphatic rings. The minimum atomic E-state index is -5.29. The van der Waals surface area contributed by atoms with Crippen LogP contribution in [0.25, 0.3) is 24.3 Å². The highest BCUT2D eigenvalue weighted by Gasteiger charge is 2.83. The molecule has 0 heterocycles. The van der Waals surface area contributed by atoms with Gasteiger partial charge in [-0.1, -0.05) is 48.6 Å². The van der Waals surface area contributed by atoms with E-state index in [1.807, 2.05) is 0 Å². The van der Waals surface area contributed by atoms with Crippen molar-refractivity contribution < 1.29 is 100 Å². The summed E-state index contributed by atoms with van der Waals surface area (Å²) in [6.45, 7) is 0. The lowest BCUT2D eigenvalue weighted by atomic mass is 9.57. The number of hydrogen-bond acceptors (Lipinski definition) is 18. The van der Waals surface area contributed by atoms with Crippen LogP contribution < -0.4 is 0 Å². The first kappa shape index (κ1) is 46.4. The number of aliphatic hydroxyl groups is 4. The van der Waals surface area contributed by atoms with Gasteiger partial charge in [-0.25, -0.2) is 9.59 Å². The average Bonchev–Trinajstić information content (AvgIpc) is 3.23. The van der Waals surface area contributed by atoms with Gasteiger partial charge in [-0.05, 0) is 95.1 Å². The van der Waals surface area contributed by atoms with Gasteiger partial charge < -0.3 is 71.5 Å². The Morgan fingerprint density at radius 3 is 0.742 bits per heavy atom. The molecule has 4 atom stereocenters. The maximum Gasteiger partial charge on any atom is 0.347 e. The SMILES string of the molecule is O=C(O)[C@@](O)(C(=O)/C=C/c1ccc(O)c(O)c1)[C@](O)(C(=O)/C=C/c1ccc(O)c(O)c1)[C@@](O)(C(=O)/C=C/c1ccc(O)c(O)c1)[C@](O)(C(=O)O)C(=O)/C=C\c1ccc(O)c(O)c1. The molecule has 0 bridgehead atoms. The van der Waals surface area contributed by atoms with E-state index in [4.69, 9.17) is 0 Å². The van der Waals surface area contributed by atoms with Gasteiger partial charge in [-0.3, -0.25) is 19.2 Å². The Morgan fingerprint density at radius 1 is 0.339 bits per heavy atom. The van der Waals surface area contributed by atoms with Gasteiger partial charge in [0.2, 0.25) is 22.8 Å². The molecule has 0 saturated heterocycles. The van der Waals surface area contributed by atoms with Crippen molar-refractivity contribution in [1.29, 1.82) is 0 Å². The fourth-order valence-electron chi connectivity index (χ4n) is 5.86. The first-order valence-corrected chi connectivity index (χ1v) is 17.2. The summed E-state index contributed by atoms with van der Waals surface area (Å²) in [6, 6.07) is 10.4. The zero-order valence-corrected chi connectivity index (χ0v) is 31.3. The molecule has 20 heteroatoms. The lowest BCUT2D eigenvalue weighted by Crippen LogP contribution is -2.86. The van der Waals surface area contributed by atoms with Crippen LogP contribution in [0.1, 0.15) is 22.3 Å². The van der Waals surface area contributed by atoms with Crippen LogP contribution in [0.4, 0.5) is 0 Å². The van der Waals surface area contributed by atoms with Crippen LogP contribution in [0, 0.1) is 0 Å². The average molecular weight is 859 g/mol. The molecular weight excluding hydrogens is 824 g/mol. The highest BCUT2D eigenvalue weighted by Crippen LogP contribution is 2.45. The molecule has 4 aromatic carbocycles. The van der Waals surface area contributed by atoms with Crippen LogP contribution in [-0.2, 0) is 28.8 Å². The molecule has 62 heavy (non-hydrogen) atoms. The van der Waals surface area contributed by atoms with Crippen molar-refractivity contribution in [2.24, 2.45) is 0 Å². The Morgan fingerprint density at radius 2 is 0.548 bits per heavy atom. The minimum Gasteiger partial charge on any atom is -0.504 e. The van der Waals surface area contributed by atoms with Crippen molar-refractivity contribution in [3.8, 4) is 46.0 Å². The lowest BCUT2D eigenvalue weighted by molar-refractivity contribution is -0.261. The summed E-state index contributed by atoms with van der Waals surface area (Å²) in [5.74, 6) is -22.0. The number of phenols is 8. The fourth-order valence-corrected chi connectivity index (χ4v) is 5.86. The molecule has 4 aromatic rings. The summed E-state index contributed by atoms with van der Waals surface area (Å²) in [4.78, 5) is 83.3. The first-order chi connectivity index (χ1) is 28.9. The molecule has 0 aliphatic heterocycles. The summed E-state index contributed by atoms with van der Waals surface area (Å²) in [6.07, 6.45) is 2.50. The second-order valence-electron chi connectivity index (χ2n) is 13.2. The fraction of sp³-hybridized carbons (Fsp3) is 0.0952. The molecule has 4 rings (SSSR count). The minimum absolute atomic E-state index is 0.0243. The number of phenolic OH excluding ortho intramolecular Hbond substituents is 8. The van der Waals surface area contributed by atoms with E-state index in [0.717, 1.165) is 72.8 Å². The van der Waals surface area contributed by atoms with E-state index in [9.17, 15) is 100 Å².